The molecule has 0 saturated heterocycles. The summed E-state index contributed by atoms with van der Waals surface area (Å²) in [7, 11) is -3.36. The van der Waals surface area contributed by atoms with Crippen LogP contribution in [0.3, 0.4) is 0 Å². The van der Waals surface area contributed by atoms with E-state index in [1.54, 1.807) is 6.92 Å². The second-order valence-corrected chi connectivity index (χ2v) is 7.30. The molecule has 0 atom stereocenters. The van der Waals surface area contributed by atoms with E-state index in [-0.39, 0.29) is 30.7 Å². The topological polar surface area (TPSA) is 95.6 Å². The van der Waals surface area contributed by atoms with Crippen LogP contribution in [0, 0.1) is 5.92 Å². The highest BCUT2D eigenvalue weighted by molar-refractivity contribution is 7.89. The molecule has 2 amide bonds. The second-order valence-electron chi connectivity index (χ2n) is 5.37. The maximum Gasteiger partial charge on any atom is 0.246 e. The number of nitrogens with one attached hydrogen (secondary N) is 2. The summed E-state index contributed by atoms with van der Waals surface area (Å²) in [6, 6.07) is 0. The zero-order valence-corrected chi connectivity index (χ0v) is 13.8. The van der Waals surface area contributed by atoms with Crippen molar-refractivity contribution in [3.8, 4) is 0 Å². The van der Waals surface area contributed by atoms with E-state index in [1.165, 1.54) is 11.3 Å². The third-order valence-electron chi connectivity index (χ3n) is 3.71. The summed E-state index contributed by atoms with van der Waals surface area (Å²) >= 11 is 0. The van der Waals surface area contributed by atoms with Crippen molar-refractivity contribution in [1.29, 1.82) is 0 Å². The van der Waals surface area contributed by atoms with Gasteiger partial charge in [0.1, 0.15) is 0 Å². The SMILES string of the molecule is C=CC(=O)N(CC)CC(=O)NCCS(=O)(=O)NCC1CCC1. The molecule has 0 heterocycles. The summed E-state index contributed by atoms with van der Waals surface area (Å²) in [6.45, 7) is 5.92. The zero-order chi connectivity index (χ0) is 16.6. The number of hydrogen-bond acceptors (Lipinski definition) is 4. The van der Waals surface area contributed by atoms with Crippen molar-refractivity contribution in [3.63, 3.8) is 0 Å². The van der Waals surface area contributed by atoms with Gasteiger partial charge in [-0.2, -0.15) is 0 Å². The van der Waals surface area contributed by atoms with Gasteiger partial charge in [-0.15, -0.1) is 0 Å². The van der Waals surface area contributed by atoms with Gasteiger partial charge in [0, 0.05) is 19.6 Å². The Kier molecular flexibility index (Phi) is 7.53. The normalized spacial score (nSPS) is 15.0. The molecule has 1 fully saturated rings. The van der Waals surface area contributed by atoms with Gasteiger partial charge in [0.25, 0.3) is 0 Å². The molecular weight excluding hydrogens is 306 g/mol. The number of likely N-dealkylation sites (N-methyl/N-ethyl adjacent to an activating group) is 1. The van der Waals surface area contributed by atoms with E-state index in [0.29, 0.717) is 19.0 Å². The molecule has 1 saturated carbocycles. The Morgan fingerprint density at radius 1 is 1.36 bits per heavy atom. The predicted molar refractivity (Wildman–Crippen MR) is 84.6 cm³/mol. The first-order chi connectivity index (χ1) is 10.4. The molecule has 1 aliphatic carbocycles. The number of hydrogen-bond donors (Lipinski definition) is 2. The van der Waals surface area contributed by atoms with Gasteiger partial charge in [0.2, 0.25) is 21.8 Å². The molecule has 1 rings (SSSR count). The van der Waals surface area contributed by atoms with Gasteiger partial charge in [-0.3, -0.25) is 9.59 Å². The van der Waals surface area contributed by atoms with E-state index in [9.17, 15) is 18.0 Å². The number of carbonyl (C=O) groups excluding carboxylic acids is 2. The maximum atomic E-state index is 11.7. The van der Waals surface area contributed by atoms with Crippen LogP contribution in [-0.4, -0.2) is 57.1 Å². The zero-order valence-electron chi connectivity index (χ0n) is 13.0. The molecule has 0 radical (unpaired) electrons. The minimum atomic E-state index is -3.36. The van der Waals surface area contributed by atoms with Crippen LogP contribution in [0.25, 0.3) is 0 Å². The van der Waals surface area contributed by atoms with Crippen LogP contribution in [0.1, 0.15) is 26.2 Å². The van der Waals surface area contributed by atoms with Gasteiger partial charge in [-0.05, 0) is 31.8 Å². The smallest absolute Gasteiger partial charge is 0.246 e. The molecule has 0 unspecified atom stereocenters. The van der Waals surface area contributed by atoms with Gasteiger partial charge in [-0.25, -0.2) is 13.1 Å². The van der Waals surface area contributed by atoms with Crippen LogP contribution in [0.2, 0.25) is 0 Å². The van der Waals surface area contributed by atoms with Crippen molar-refractivity contribution in [1.82, 2.24) is 14.9 Å². The standard InChI is InChI=1S/C14H25N3O4S/c1-3-14(19)17(4-2)11-13(18)15-8-9-22(20,21)16-10-12-6-5-7-12/h3,12,16H,1,4-11H2,2H3,(H,15,18). The molecule has 2 N–H and O–H groups in total. The summed E-state index contributed by atoms with van der Waals surface area (Å²) < 4.78 is 26.1. The van der Waals surface area contributed by atoms with Gasteiger partial charge in [0.15, 0.2) is 0 Å². The molecule has 0 aromatic heterocycles. The lowest BCUT2D eigenvalue weighted by atomic mass is 9.86. The highest BCUT2D eigenvalue weighted by Gasteiger charge is 2.20. The molecule has 0 spiro atoms. The third-order valence-corrected chi connectivity index (χ3v) is 5.06. The van der Waals surface area contributed by atoms with E-state index < -0.39 is 10.0 Å². The fraction of sp³-hybridized carbons (Fsp3) is 0.714. The summed E-state index contributed by atoms with van der Waals surface area (Å²) in [5.74, 6) is -0.418. The number of rotatable bonds is 10. The monoisotopic (exact) mass is 331 g/mol. The highest BCUT2D eigenvalue weighted by Crippen LogP contribution is 2.25. The van der Waals surface area contributed by atoms with Crippen LogP contribution >= 0.6 is 0 Å². The van der Waals surface area contributed by atoms with E-state index in [2.05, 4.69) is 16.6 Å². The van der Waals surface area contributed by atoms with E-state index >= 15 is 0 Å². The van der Waals surface area contributed by atoms with Gasteiger partial charge >= 0.3 is 0 Å². The lowest BCUT2D eigenvalue weighted by molar-refractivity contribution is -0.132. The maximum absolute atomic E-state index is 11.7. The van der Waals surface area contributed by atoms with Gasteiger partial charge < -0.3 is 10.2 Å². The van der Waals surface area contributed by atoms with Gasteiger partial charge in [-0.1, -0.05) is 13.0 Å². The van der Waals surface area contributed by atoms with E-state index in [4.69, 9.17) is 0 Å². The average Bonchev–Trinajstić information content (AvgIpc) is 2.41. The Hall–Kier alpha value is -1.41. The fourth-order valence-corrected chi connectivity index (χ4v) is 3.05. The molecule has 7 nitrogen and oxygen atoms in total. The van der Waals surface area contributed by atoms with Crippen LogP contribution in [0.15, 0.2) is 12.7 Å². The lowest BCUT2D eigenvalue weighted by Crippen LogP contribution is -2.42. The van der Waals surface area contributed by atoms with Crippen LogP contribution in [0.4, 0.5) is 0 Å². The first-order valence-electron chi connectivity index (χ1n) is 7.53. The lowest BCUT2D eigenvalue weighted by Gasteiger charge is -2.25. The Balaban J connectivity index is 2.25. The first-order valence-corrected chi connectivity index (χ1v) is 9.18. The summed E-state index contributed by atoms with van der Waals surface area (Å²) in [5.41, 5.74) is 0. The van der Waals surface area contributed by atoms with Crippen LogP contribution in [0.5, 0.6) is 0 Å². The second kappa shape index (κ2) is 8.89. The van der Waals surface area contributed by atoms with Crippen molar-refractivity contribution < 1.29 is 18.0 Å². The molecule has 1 aliphatic rings. The Labute approximate surface area is 132 Å². The minimum Gasteiger partial charge on any atom is -0.353 e. The van der Waals surface area contributed by atoms with E-state index in [1.807, 2.05) is 0 Å². The Morgan fingerprint density at radius 3 is 2.55 bits per heavy atom. The predicted octanol–water partition coefficient (Wildman–Crippen LogP) is -0.143. The summed E-state index contributed by atoms with van der Waals surface area (Å²) in [6.07, 6.45) is 4.46. The summed E-state index contributed by atoms with van der Waals surface area (Å²) in [5, 5.41) is 2.51. The molecule has 8 heteroatoms. The summed E-state index contributed by atoms with van der Waals surface area (Å²) in [4.78, 5) is 24.4. The van der Waals surface area contributed by atoms with Crippen molar-refractivity contribution >= 4 is 21.8 Å². The first kappa shape index (κ1) is 18.6. The Bertz CT molecular complexity index is 500. The molecule has 126 valence electrons. The molecular formula is C14H25N3O4S. The van der Waals surface area contributed by atoms with Crippen LogP contribution < -0.4 is 10.0 Å². The molecule has 22 heavy (non-hydrogen) atoms. The number of amides is 2. The van der Waals surface area contributed by atoms with Crippen molar-refractivity contribution in [2.45, 2.75) is 26.2 Å². The average molecular weight is 331 g/mol. The van der Waals surface area contributed by atoms with Crippen molar-refractivity contribution in [3.05, 3.63) is 12.7 Å². The fourth-order valence-electron chi connectivity index (χ4n) is 2.04. The third kappa shape index (κ3) is 6.57. The number of carbonyl (C=O) groups is 2. The number of nitrogens with zero attached hydrogens (tertiary/aromatic N) is 1. The number of sulfonamides is 1. The highest BCUT2D eigenvalue weighted by atomic mass is 32.2. The molecule has 0 aliphatic heterocycles. The van der Waals surface area contributed by atoms with Gasteiger partial charge in [0.05, 0.1) is 12.3 Å². The van der Waals surface area contributed by atoms with Crippen LogP contribution in [-0.2, 0) is 19.6 Å². The molecule has 0 aromatic carbocycles. The molecule has 0 aromatic rings. The van der Waals surface area contributed by atoms with E-state index in [0.717, 1.165) is 18.9 Å². The van der Waals surface area contributed by atoms with Crippen molar-refractivity contribution in [2.24, 2.45) is 5.92 Å². The largest absolute Gasteiger partial charge is 0.353 e. The quantitative estimate of drug-likeness (QED) is 0.545. The van der Waals surface area contributed by atoms with Crippen molar-refractivity contribution in [2.75, 3.05) is 31.9 Å². The molecule has 0 bridgehead atoms. The Morgan fingerprint density at radius 2 is 2.05 bits per heavy atom. The minimum absolute atomic E-state index is 0.0265.